The van der Waals surface area contributed by atoms with Crippen LogP contribution in [0.25, 0.3) is 6.08 Å². The molecule has 1 unspecified atom stereocenters. The number of ether oxygens (including phenoxy) is 2. The number of carbonyl (C=O) groups excluding carboxylic acids is 2. The van der Waals surface area contributed by atoms with E-state index in [1.165, 1.54) is 32.2 Å². The Balaban J connectivity index is 2.03. The predicted molar refractivity (Wildman–Crippen MR) is 112 cm³/mol. The van der Waals surface area contributed by atoms with E-state index >= 15 is 0 Å². The summed E-state index contributed by atoms with van der Waals surface area (Å²) < 4.78 is 11.1. The van der Waals surface area contributed by atoms with E-state index < -0.39 is 22.9 Å². The van der Waals surface area contributed by atoms with Gasteiger partial charge in [-0.05, 0) is 37.3 Å². The van der Waals surface area contributed by atoms with Gasteiger partial charge in [0.25, 0.3) is 11.6 Å². The lowest BCUT2D eigenvalue weighted by atomic mass is 10.2. The molecule has 0 aliphatic carbocycles. The molecule has 0 bridgehead atoms. The summed E-state index contributed by atoms with van der Waals surface area (Å²) in [5.74, 6) is -0.877. The van der Waals surface area contributed by atoms with Gasteiger partial charge in [0.05, 0.1) is 22.7 Å². The normalized spacial score (nSPS) is 11.7. The summed E-state index contributed by atoms with van der Waals surface area (Å²) in [6.07, 6.45) is 1.49. The van der Waals surface area contributed by atoms with E-state index in [0.717, 1.165) is 16.6 Å². The van der Waals surface area contributed by atoms with Gasteiger partial charge in [-0.25, -0.2) is 4.79 Å². The van der Waals surface area contributed by atoms with Crippen LogP contribution < -0.4 is 10.1 Å². The van der Waals surface area contributed by atoms with E-state index in [2.05, 4.69) is 21.2 Å². The van der Waals surface area contributed by atoms with Crippen LogP contribution in [0.4, 0.5) is 11.4 Å². The second-order valence-corrected chi connectivity index (χ2v) is 7.03. The van der Waals surface area contributed by atoms with E-state index in [-0.39, 0.29) is 16.4 Å². The zero-order valence-corrected chi connectivity index (χ0v) is 17.7. The maximum absolute atomic E-state index is 12.2. The van der Waals surface area contributed by atoms with Gasteiger partial charge >= 0.3 is 5.97 Å². The monoisotopic (exact) mass is 482 g/mol. The molecule has 0 radical (unpaired) electrons. The zero-order chi connectivity index (χ0) is 21.6. The minimum absolute atomic E-state index is 0.0446. The molecule has 0 aliphatic heterocycles. The lowest BCUT2D eigenvalue weighted by Gasteiger charge is -2.13. The largest absolute Gasteiger partial charge is 0.496 e. The zero-order valence-electron chi connectivity index (χ0n) is 15.3. The minimum atomic E-state index is -1.16. The molecular formula is C19H16BrClN2O6. The number of nitro benzene ring substituents is 1. The van der Waals surface area contributed by atoms with Crippen molar-refractivity contribution >= 4 is 56.9 Å². The molecule has 2 rings (SSSR count). The number of nitrogens with one attached hydrogen (secondary N) is 1. The van der Waals surface area contributed by atoms with Crippen molar-refractivity contribution in [2.45, 2.75) is 13.0 Å². The van der Waals surface area contributed by atoms with Gasteiger partial charge in [-0.2, -0.15) is 0 Å². The van der Waals surface area contributed by atoms with Gasteiger partial charge in [-0.3, -0.25) is 14.9 Å². The van der Waals surface area contributed by atoms with Crippen LogP contribution in [0.5, 0.6) is 5.75 Å². The average Bonchev–Trinajstić information content (AvgIpc) is 2.67. The quantitative estimate of drug-likeness (QED) is 0.267. The van der Waals surface area contributed by atoms with Crippen molar-refractivity contribution in [2.75, 3.05) is 12.4 Å². The lowest BCUT2D eigenvalue weighted by Crippen LogP contribution is -2.29. The van der Waals surface area contributed by atoms with Crippen LogP contribution >= 0.6 is 27.5 Å². The van der Waals surface area contributed by atoms with Gasteiger partial charge in [0.1, 0.15) is 5.75 Å². The van der Waals surface area contributed by atoms with Gasteiger partial charge in [0, 0.05) is 28.2 Å². The maximum Gasteiger partial charge on any atom is 0.331 e. The summed E-state index contributed by atoms with van der Waals surface area (Å²) in [4.78, 5) is 34.5. The maximum atomic E-state index is 12.2. The van der Waals surface area contributed by atoms with Crippen LogP contribution in [0, 0.1) is 10.1 Å². The number of nitrogens with zero attached hydrogens (tertiary/aromatic N) is 1. The van der Waals surface area contributed by atoms with Crippen molar-refractivity contribution in [2.24, 2.45) is 0 Å². The number of hydrogen-bond donors (Lipinski definition) is 1. The van der Waals surface area contributed by atoms with Crippen LogP contribution in [0.2, 0.25) is 5.02 Å². The van der Waals surface area contributed by atoms with Crippen LogP contribution in [-0.2, 0) is 14.3 Å². The molecule has 152 valence electrons. The van der Waals surface area contributed by atoms with Crippen molar-refractivity contribution in [3.63, 3.8) is 0 Å². The molecule has 2 aromatic carbocycles. The molecule has 0 spiro atoms. The summed E-state index contributed by atoms with van der Waals surface area (Å²) in [5.41, 5.74) is 0.447. The Labute approximate surface area is 179 Å². The molecule has 0 aliphatic rings. The molecule has 1 N–H and O–H groups in total. The average molecular weight is 484 g/mol. The van der Waals surface area contributed by atoms with E-state index in [9.17, 15) is 19.7 Å². The first-order chi connectivity index (χ1) is 13.7. The number of nitro groups is 1. The molecule has 0 fully saturated rings. The highest BCUT2D eigenvalue weighted by Crippen LogP contribution is 2.27. The third kappa shape index (κ3) is 6.30. The highest BCUT2D eigenvalue weighted by Gasteiger charge is 2.19. The van der Waals surface area contributed by atoms with Gasteiger partial charge < -0.3 is 14.8 Å². The smallest absolute Gasteiger partial charge is 0.331 e. The van der Waals surface area contributed by atoms with Gasteiger partial charge in [0.2, 0.25) is 0 Å². The van der Waals surface area contributed by atoms with Crippen LogP contribution in [0.15, 0.2) is 46.9 Å². The number of anilines is 1. The highest BCUT2D eigenvalue weighted by atomic mass is 79.9. The topological polar surface area (TPSA) is 108 Å². The molecule has 8 nitrogen and oxygen atoms in total. The second kappa shape index (κ2) is 10.0. The fourth-order valence-corrected chi connectivity index (χ4v) is 2.76. The second-order valence-electron chi connectivity index (χ2n) is 5.71. The SMILES string of the molecule is COc1ccc(Br)cc1/C=C/C(=O)OC(C)C(=O)Nc1cc([N+](=O)[O-])ccc1Cl. The van der Waals surface area contributed by atoms with E-state index in [0.29, 0.717) is 11.3 Å². The summed E-state index contributed by atoms with van der Waals surface area (Å²) in [5, 5.41) is 13.4. The van der Waals surface area contributed by atoms with E-state index in [4.69, 9.17) is 21.1 Å². The number of halogens is 2. The van der Waals surface area contributed by atoms with Crippen molar-refractivity contribution in [1.29, 1.82) is 0 Å². The molecule has 10 heteroatoms. The van der Waals surface area contributed by atoms with Crippen LogP contribution in [-0.4, -0.2) is 30.0 Å². The Hall–Kier alpha value is -2.91. The Morgan fingerprint density at radius 1 is 1.28 bits per heavy atom. The third-order valence-electron chi connectivity index (χ3n) is 3.67. The Kier molecular flexibility index (Phi) is 7.74. The first-order valence-corrected chi connectivity index (χ1v) is 9.35. The summed E-state index contributed by atoms with van der Waals surface area (Å²) in [7, 11) is 1.50. The molecular weight excluding hydrogens is 468 g/mol. The van der Waals surface area contributed by atoms with Gasteiger partial charge in [0.15, 0.2) is 6.10 Å². The van der Waals surface area contributed by atoms with E-state index in [1.54, 1.807) is 18.2 Å². The molecule has 2 aromatic rings. The van der Waals surface area contributed by atoms with Gasteiger partial charge in [-0.15, -0.1) is 0 Å². The van der Waals surface area contributed by atoms with E-state index in [1.807, 2.05) is 0 Å². The number of rotatable bonds is 7. The number of hydrogen-bond acceptors (Lipinski definition) is 6. The third-order valence-corrected chi connectivity index (χ3v) is 4.49. The summed E-state index contributed by atoms with van der Waals surface area (Å²) in [6.45, 7) is 1.37. The van der Waals surface area contributed by atoms with Crippen LogP contribution in [0.3, 0.4) is 0 Å². The van der Waals surface area contributed by atoms with Crippen molar-refractivity contribution in [3.8, 4) is 5.75 Å². The summed E-state index contributed by atoms with van der Waals surface area (Å²) in [6, 6.07) is 8.90. The van der Waals surface area contributed by atoms with Crippen LogP contribution in [0.1, 0.15) is 12.5 Å². The van der Waals surface area contributed by atoms with Gasteiger partial charge in [-0.1, -0.05) is 27.5 Å². The number of benzene rings is 2. The summed E-state index contributed by atoms with van der Waals surface area (Å²) >= 11 is 9.27. The van der Waals surface area contributed by atoms with Crippen molar-refractivity contribution in [1.82, 2.24) is 0 Å². The first kappa shape index (κ1) is 22.4. The molecule has 0 aromatic heterocycles. The minimum Gasteiger partial charge on any atom is -0.496 e. The number of esters is 1. The molecule has 1 atom stereocenters. The van der Waals surface area contributed by atoms with Crippen molar-refractivity contribution in [3.05, 3.63) is 67.6 Å². The molecule has 0 saturated heterocycles. The molecule has 0 saturated carbocycles. The Bertz CT molecular complexity index is 979. The molecule has 0 heterocycles. The lowest BCUT2D eigenvalue weighted by molar-refractivity contribution is -0.384. The molecule has 1 amide bonds. The molecule has 29 heavy (non-hydrogen) atoms. The number of carbonyl (C=O) groups is 2. The predicted octanol–water partition coefficient (Wildman–Crippen LogP) is 4.60. The fourth-order valence-electron chi connectivity index (χ4n) is 2.22. The Morgan fingerprint density at radius 3 is 2.66 bits per heavy atom. The highest BCUT2D eigenvalue weighted by molar-refractivity contribution is 9.10. The van der Waals surface area contributed by atoms with Crippen molar-refractivity contribution < 1.29 is 24.0 Å². The number of amides is 1. The standard InChI is InChI=1S/C19H16BrClN2O6/c1-11(19(25)22-16-10-14(23(26)27)5-6-15(16)21)29-18(24)8-3-12-9-13(20)4-7-17(12)28-2/h3-11H,1-2H3,(H,22,25)/b8-3+. The Morgan fingerprint density at radius 2 is 2.00 bits per heavy atom. The fraction of sp³-hybridized carbons (Fsp3) is 0.158. The number of methoxy groups -OCH3 is 1. The first-order valence-electron chi connectivity index (χ1n) is 8.18. The number of non-ortho nitro benzene ring substituents is 1.